The second-order valence-electron chi connectivity index (χ2n) is 8.37. The molecule has 1 atom stereocenters. The van der Waals surface area contributed by atoms with Crippen molar-refractivity contribution in [1.82, 2.24) is 24.3 Å². The van der Waals surface area contributed by atoms with Gasteiger partial charge in [0.15, 0.2) is 0 Å². The summed E-state index contributed by atoms with van der Waals surface area (Å²) in [6.45, 7) is 7.41. The van der Waals surface area contributed by atoms with Gasteiger partial charge in [-0.3, -0.25) is 19.1 Å². The normalized spacial score (nSPS) is 20.9. The summed E-state index contributed by atoms with van der Waals surface area (Å²) in [6, 6.07) is 5.36. The Morgan fingerprint density at radius 2 is 1.93 bits per heavy atom. The quantitative estimate of drug-likeness (QED) is 0.773. The van der Waals surface area contributed by atoms with Gasteiger partial charge in [0, 0.05) is 57.1 Å². The number of hydrogen-bond acceptors (Lipinski definition) is 5. The fourth-order valence-electron chi connectivity index (χ4n) is 4.50. The van der Waals surface area contributed by atoms with Crippen molar-refractivity contribution in [3.05, 3.63) is 47.3 Å². The van der Waals surface area contributed by atoms with Gasteiger partial charge in [-0.25, -0.2) is 4.98 Å². The largest absolute Gasteiger partial charge is 0.343 e. The Morgan fingerprint density at radius 1 is 1.14 bits per heavy atom. The summed E-state index contributed by atoms with van der Waals surface area (Å²) in [5, 5.41) is 0. The van der Waals surface area contributed by atoms with Crippen LogP contribution in [0.2, 0.25) is 0 Å². The van der Waals surface area contributed by atoms with E-state index in [-0.39, 0.29) is 11.5 Å². The molecule has 2 aliphatic heterocycles. The molecule has 154 valence electrons. The van der Waals surface area contributed by atoms with Crippen LogP contribution in [0, 0.1) is 11.8 Å². The van der Waals surface area contributed by atoms with Crippen LogP contribution in [0.25, 0.3) is 11.3 Å². The summed E-state index contributed by atoms with van der Waals surface area (Å²) in [5.74, 6) is 1.30. The lowest BCUT2D eigenvalue weighted by atomic mass is 9.95. The number of pyridine rings is 1. The van der Waals surface area contributed by atoms with Crippen molar-refractivity contribution in [3.8, 4) is 11.3 Å². The van der Waals surface area contributed by atoms with E-state index in [4.69, 9.17) is 0 Å². The fraction of sp³-hybridized carbons (Fsp3) is 0.545. The van der Waals surface area contributed by atoms with Gasteiger partial charge in [0.2, 0.25) is 5.91 Å². The maximum absolute atomic E-state index is 12.5. The number of piperidine rings is 1. The molecule has 2 saturated heterocycles. The molecule has 7 nitrogen and oxygen atoms in total. The number of hydrogen-bond donors (Lipinski definition) is 0. The Balaban J connectivity index is 1.28. The maximum atomic E-state index is 12.5. The van der Waals surface area contributed by atoms with Crippen LogP contribution in [0.3, 0.4) is 0 Å². The molecule has 0 aliphatic carbocycles. The molecule has 0 radical (unpaired) electrons. The van der Waals surface area contributed by atoms with Gasteiger partial charge in [-0.2, -0.15) is 0 Å². The van der Waals surface area contributed by atoms with Crippen molar-refractivity contribution < 1.29 is 4.79 Å². The van der Waals surface area contributed by atoms with Crippen molar-refractivity contribution in [2.45, 2.75) is 32.7 Å². The molecule has 2 aromatic rings. The highest BCUT2D eigenvalue weighted by atomic mass is 16.2. The van der Waals surface area contributed by atoms with E-state index in [0.29, 0.717) is 17.5 Å². The Bertz CT molecular complexity index is 890. The number of rotatable bonds is 5. The molecule has 4 rings (SSSR count). The number of carbonyl (C=O) groups excluding carboxylic acids is 1. The van der Waals surface area contributed by atoms with Crippen LogP contribution >= 0.6 is 0 Å². The lowest BCUT2D eigenvalue weighted by Crippen LogP contribution is -2.39. The molecule has 0 bridgehead atoms. The molecule has 2 fully saturated rings. The summed E-state index contributed by atoms with van der Waals surface area (Å²) in [4.78, 5) is 37.1. The molecule has 0 aromatic carbocycles. The molecule has 1 unspecified atom stereocenters. The predicted molar refractivity (Wildman–Crippen MR) is 111 cm³/mol. The fourth-order valence-corrected chi connectivity index (χ4v) is 4.50. The average Bonchev–Trinajstić information content (AvgIpc) is 3.20. The van der Waals surface area contributed by atoms with E-state index >= 15 is 0 Å². The number of carbonyl (C=O) groups is 1. The Kier molecular flexibility index (Phi) is 6.04. The molecule has 0 saturated carbocycles. The first-order valence-corrected chi connectivity index (χ1v) is 10.5. The second kappa shape index (κ2) is 8.86. The third kappa shape index (κ3) is 4.90. The molecule has 4 heterocycles. The molecular formula is C22H29N5O2. The van der Waals surface area contributed by atoms with Gasteiger partial charge in [-0.1, -0.05) is 0 Å². The first-order valence-electron chi connectivity index (χ1n) is 10.5. The predicted octanol–water partition coefficient (Wildman–Crippen LogP) is 1.89. The standard InChI is InChI=1S/C22H29N5O2/c1-17(28)26-10-6-19(15-26)13-25-8-4-18(5-9-25)14-27-16-24-21(11-22(27)29)20-3-2-7-23-12-20/h2-3,7,11-12,16,18-19H,4-6,8-10,13-15H2,1H3. The number of likely N-dealkylation sites (tertiary alicyclic amines) is 2. The highest BCUT2D eigenvalue weighted by Gasteiger charge is 2.27. The molecule has 29 heavy (non-hydrogen) atoms. The maximum Gasteiger partial charge on any atom is 0.253 e. The summed E-state index contributed by atoms with van der Waals surface area (Å²) < 4.78 is 1.74. The first kappa shape index (κ1) is 19.8. The minimum atomic E-state index is -0.00318. The van der Waals surface area contributed by atoms with E-state index < -0.39 is 0 Å². The summed E-state index contributed by atoms with van der Waals surface area (Å²) in [7, 11) is 0. The van der Waals surface area contributed by atoms with Crippen LogP contribution in [0.4, 0.5) is 0 Å². The SMILES string of the molecule is CC(=O)N1CCC(CN2CCC(Cn3cnc(-c4cccnc4)cc3=O)CC2)C1. The van der Waals surface area contributed by atoms with E-state index in [2.05, 4.69) is 14.9 Å². The second-order valence-corrected chi connectivity index (χ2v) is 8.37. The van der Waals surface area contributed by atoms with Gasteiger partial charge >= 0.3 is 0 Å². The van der Waals surface area contributed by atoms with Crippen LogP contribution in [0.15, 0.2) is 41.7 Å². The van der Waals surface area contributed by atoms with Gasteiger partial charge in [0.05, 0.1) is 12.0 Å². The summed E-state index contributed by atoms with van der Waals surface area (Å²) in [6.07, 6.45) is 8.42. The van der Waals surface area contributed by atoms with E-state index in [1.807, 2.05) is 17.0 Å². The molecule has 0 spiro atoms. The zero-order chi connectivity index (χ0) is 20.2. The topological polar surface area (TPSA) is 71.3 Å². The highest BCUT2D eigenvalue weighted by Crippen LogP contribution is 2.23. The summed E-state index contributed by atoms with van der Waals surface area (Å²) >= 11 is 0. The van der Waals surface area contributed by atoms with Gasteiger partial charge in [0.25, 0.3) is 5.56 Å². The third-order valence-electron chi connectivity index (χ3n) is 6.25. The zero-order valence-corrected chi connectivity index (χ0v) is 17.0. The van der Waals surface area contributed by atoms with E-state index in [0.717, 1.165) is 64.1 Å². The Morgan fingerprint density at radius 3 is 2.59 bits per heavy atom. The van der Waals surface area contributed by atoms with Crippen molar-refractivity contribution in [3.63, 3.8) is 0 Å². The number of nitrogens with zero attached hydrogens (tertiary/aromatic N) is 5. The van der Waals surface area contributed by atoms with E-state index in [1.165, 1.54) is 0 Å². The molecule has 2 aliphatic rings. The molecule has 7 heteroatoms. The highest BCUT2D eigenvalue weighted by molar-refractivity contribution is 5.73. The van der Waals surface area contributed by atoms with Crippen LogP contribution in [-0.4, -0.2) is 63.0 Å². The van der Waals surface area contributed by atoms with Crippen LogP contribution < -0.4 is 5.56 Å². The van der Waals surface area contributed by atoms with Crippen molar-refractivity contribution in [1.29, 1.82) is 0 Å². The van der Waals surface area contributed by atoms with Gasteiger partial charge < -0.3 is 9.80 Å². The Labute approximate surface area is 171 Å². The van der Waals surface area contributed by atoms with E-state index in [1.54, 1.807) is 36.3 Å². The van der Waals surface area contributed by atoms with Gasteiger partial charge in [0.1, 0.15) is 0 Å². The third-order valence-corrected chi connectivity index (χ3v) is 6.25. The number of amides is 1. The number of aromatic nitrogens is 3. The van der Waals surface area contributed by atoms with Crippen LogP contribution in [-0.2, 0) is 11.3 Å². The average molecular weight is 396 g/mol. The van der Waals surface area contributed by atoms with E-state index in [9.17, 15) is 9.59 Å². The van der Waals surface area contributed by atoms with Gasteiger partial charge in [-0.15, -0.1) is 0 Å². The Hall–Kier alpha value is -2.54. The first-order chi connectivity index (χ1) is 14.1. The van der Waals surface area contributed by atoms with Crippen LogP contribution in [0.1, 0.15) is 26.2 Å². The van der Waals surface area contributed by atoms with Crippen molar-refractivity contribution >= 4 is 5.91 Å². The summed E-state index contributed by atoms with van der Waals surface area (Å²) in [5.41, 5.74) is 1.53. The van der Waals surface area contributed by atoms with Gasteiger partial charge in [-0.05, 0) is 56.3 Å². The molecule has 0 N–H and O–H groups in total. The minimum Gasteiger partial charge on any atom is -0.343 e. The van der Waals surface area contributed by atoms with Crippen LogP contribution in [0.5, 0.6) is 0 Å². The monoisotopic (exact) mass is 395 g/mol. The minimum absolute atomic E-state index is 0.00318. The lowest BCUT2D eigenvalue weighted by Gasteiger charge is -2.33. The molecule has 1 amide bonds. The van der Waals surface area contributed by atoms with Crippen molar-refractivity contribution in [2.24, 2.45) is 11.8 Å². The molecule has 2 aromatic heterocycles. The van der Waals surface area contributed by atoms with Crippen molar-refractivity contribution in [2.75, 3.05) is 32.7 Å². The molecular weight excluding hydrogens is 366 g/mol. The smallest absolute Gasteiger partial charge is 0.253 e. The lowest BCUT2D eigenvalue weighted by molar-refractivity contribution is -0.127. The zero-order valence-electron chi connectivity index (χ0n) is 17.0.